The number of hydrogen-bond acceptors (Lipinski definition) is 11. The van der Waals surface area contributed by atoms with Gasteiger partial charge in [-0.1, -0.05) is 0 Å². The summed E-state index contributed by atoms with van der Waals surface area (Å²) in [5.41, 5.74) is 2.79. The molecule has 0 saturated carbocycles. The molecule has 3 aromatic rings. The van der Waals surface area contributed by atoms with E-state index >= 15 is 4.39 Å². The van der Waals surface area contributed by atoms with Gasteiger partial charge in [0.1, 0.15) is 30.3 Å². The Morgan fingerprint density at radius 3 is 2.62 bits per heavy atom. The van der Waals surface area contributed by atoms with Gasteiger partial charge in [0.25, 0.3) is 0 Å². The Labute approximate surface area is 278 Å². The fourth-order valence-electron chi connectivity index (χ4n) is 6.80. The first-order valence-corrected chi connectivity index (χ1v) is 16.4. The minimum atomic E-state index is -1.45. The number of nitrogens with one attached hydrogen (secondary N) is 2. The molecule has 2 aromatic carbocycles. The van der Waals surface area contributed by atoms with Gasteiger partial charge in [-0.2, -0.15) is 10.2 Å². The summed E-state index contributed by atoms with van der Waals surface area (Å²) in [5, 5.41) is 15.8. The number of piperidine rings is 1. The molecule has 0 radical (unpaired) electrons. The van der Waals surface area contributed by atoms with Crippen molar-refractivity contribution in [1.82, 2.24) is 30.1 Å². The molecule has 0 bridgehead atoms. The normalized spacial score (nSPS) is 24.8. The van der Waals surface area contributed by atoms with Crippen LogP contribution in [0.1, 0.15) is 31.7 Å². The third-order valence-electron chi connectivity index (χ3n) is 9.55. The quantitative estimate of drug-likeness (QED) is 0.369. The first-order valence-electron chi connectivity index (χ1n) is 16.4. The van der Waals surface area contributed by atoms with Gasteiger partial charge in [-0.3, -0.25) is 14.5 Å². The Balaban J connectivity index is 0.961. The van der Waals surface area contributed by atoms with Crippen molar-refractivity contribution in [2.24, 2.45) is 0 Å². The monoisotopic (exact) mass is 655 g/mol. The summed E-state index contributed by atoms with van der Waals surface area (Å²) in [7, 11) is 0. The molecule has 0 aliphatic carbocycles. The van der Waals surface area contributed by atoms with Gasteiger partial charge in [0.05, 0.1) is 31.4 Å². The molecule has 0 spiro atoms. The fourth-order valence-corrected chi connectivity index (χ4v) is 6.80. The molecule has 7 rings (SSSR count). The standard InChI is InChI=1S/C34H38FN9O4/c1-21-16-42(12-13-44(21)26-18-47-19-26)25-5-3-24(4-6-25)39-34-38-20-37-32(41-34)22-2-8-29(23(14-22)15-36)48-30-10-11-43(17-27(30)35)33(46)28-7-9-31(45)40-28/h2-6,8,14,20-21,26-28,30H,7,9-13,16-19H2,1H3,(H,40,45)(H,37,38,39,41)/t21?,27-,28?,30+/m1/s1. The molecule has 250 valence electrons. The molecule has 4 fully saturated rings. The van der Waals surface area contributed by atoms with Gasteiger partial charge < -0.3 is 29.9 Å². The maximum absolute atomic E-state index is 15.2. The highest BCUT2D eigenvalue weighted by Gasteiger charge is 2.38. The minimum absolute atomic E-state index is 0.133. The Bertz CT molecular complexity index is 1700. The first kappa shape index (κ1) is 31.7. The number of piperazine rings is 1. The summed E-state index contributed by atoms with van der Waals surface area (Å²) < 4.78 is 26.5. The van der Waals surface area contributed by atoms with Crippen LogP contribution in [0.5, 0.6) is 5.75 Å². The second kappa shape index (κ2) is 13.7. The number of anilines is 3. The number of halogens is 1. The third kappa shape index (κ3) is 6.74. The molecule has 14 heteroatoms. The number of nitrogens with zero attached hydrogens (tertiary/aromatic N) is 7. The Hall–Kier alpha value is -4.87. The maximum Gasteiger partial charge on any atom is 0.245 e. The lowest BCUT2D eigenvalue weighted by atomic mass is 10.0. The second-order valence-corrected chi connectivity index (χ2v) is 12.8. The number of carbonyl (C=O) groups is 2. The van der Waals surface area contributed by atoms with E-state index in [0.29, 0.717) is 48.8 Å². The van der Waals surface area contributed by atoms with E-state index in [1.54, 1.807) is 18.2 Å². The van der Waals surface area contributed by atoms with E-state index in [9.17, 15) is 14.9 Å². The number of carbonyl (C=O) groups excluding carboxylic acids is 2. The number of alkyl halides is 1. The fraction of sp³-hybridized carbons (Fsp3) is 0.471. The average Bonchev–Trinajstić information content (AvgIpc) is 3.52. The lowest BCUT2D eigenvalue weighted by Gasteiger charge is -2.47. The lowest BCUT2D eigenvalue weighted by Crippen LogP contribution is -2.60. The van der Waals surface area contributed by atoms with Crippen LogP contribution < -0.4 is 20.3 Å². The Morgan fingerprint density at radius 2 is 1.94 bits per heavy atom. The summed E-state index contributed by atoms with van der Waals surface area (Å²) in [6.45, 7) is 7.05. The van der Waals surface area contributed by atoms with Gasteiger partial charge in [-0.25, -0.2) is 14.4 Å². The first-order chi connectivity index (χ1) is 23.3. The predicted octanol–water partition coefficient (Wildman–Crippen LogP) is 2.66. The number of benzene rings is 2. The van der Waals surface area contributed by atoms with E-state index in [2.05, 4.69) is 60.5 Å². The van der Waals surface area contributed by atoms with Crippen LogP contribution in [0.3, 0.4) is 0 Å². The van der Waals surface area contributed by atoms with Crippen LogP contribution in [-0.2, 0) is 14.3 Å². The van der Waals surface area contributed by atoms with Crippen LogP contribution in [0.25, 0.3) is 11.4 Å². The van der Waals surface area contributed by atoms with Crippen LogP contribution in [0.15, 0.2) is 48.8 Å². The molecule has 5 heterocycles. The highest BCUT2D eigenvalue weighted by molar-refractivity contribution is 5.90. The highest BCUT2D eigenvalue weighted by atomic mass is 19.1. The van der Waals surface area contributed by atoms with Crippen molar-refractivity contribution in [3.8, 4) is 23.2 Å². The van der Waals surface area contributed by atoms with Crippen LogP contribution >= 0.6 is 0 Å². The smallest absolute Gasteiger partial charge is 0.245 e. The topological polar surface area (TPSA) is 149 Å². The average molecular weight is 656 g/mol. The van der Waals surface area contributed by atoms with Gasteiger partial charge in [0, 0.05) is 62.0 Å². The summed E-state index contributed by atoms with van der Waals surface area (Å²) in [4.78, 5) is 43.7. The van der Waals surface area contributed by atoms with Gasteiger partial charge >= 0.3 is 0 Å². The van der Waals surface area contributed by atoms with Gasteiger partial charge in [0.2, 0.25) is 17.8 Å². The lowest BCUT2D eigenvalue weighted by molar-refractivity contribution is -0.138. The predicted molar refractivity (Wildman–Crippen MR) is 174 cm³/mol. The zero-order valence-corrected chi connectivity index (χ0v) is 26.7. The highest BCUT2D eigenvalue weighted by Crippen LogP contribution is 2.30. The molecule has 1 aromatic heterocycles. The summed E-state index contributed by atoms with van der Waals surface area (Å²) in [5.74, 6) is 0.532. The second-order valence-electron chi connectivity index (χ2n) is 12.8. The molecule has 13 nitrogen and oxygen atoms in total. The number of amides is 2. The molecule has 4 saturated heterocycles. The van der Waals surface area contributed by atoms with Crippen molar-refractivity contribution >= 4 is 29.1 Å². The minimum Gasteiger partial charge on any atom is -0.486 e. The molecule has 4 atom stereocenters. The molecule has 48 heavy (non-hydrogen) atoms. The van der Waals surface area contributed by atoms with E-state index in [-0.39, 0.29) is 36.1 Å². The van der Waals surface area contributed by atoms with E-state index < -0.39 is 18.3 Å². The van der Waals surface area contributed by atoms with Gasteiger partial charge in [-0.15, -0.1) is 0 Å². The molecular formula is C34H38FN9O4. The molecular weight excluding hydrogens is 617 g/mol. The van der Waals surface area contributed by atoms with Crippen LogP contribution in [0.4, 0.5) is 21.7 Å². The summed E-state index contributed by atoms with van der Waals surface area (Å²) in [6.07, 6.45) is 0.120. The number of hydrogen-bond donors (Lipinski definition) is 2. The number of likely N-dealkylation sites (tertiary alicyclic amines) is 1. The summed E-state index contributed by atoms with van der Waals surface area (Å²) >= 11 is 0. The largest absolute Gasteiger partial charge is 0.486 e. The number of ether oxygens (including phenoxy) is 2. The van der Waals surface area contributed by atoms with Crippen molar-refractivity contribution in [3.63, 3.8) is 0 Å². The third-order valence-corrected chi connectivity index (χ3v) is 9.55. The maximum atomic E-state index is 15.2. The number of aromatic nitrogens is 3. The molecule has 2 N–H and O–H groups in total. The molecule has 2 unspecified atom stereocenters. The SMILES string of the molecule is CC1CN(c2ccc(Nc3ncnc(-c4ccc(O[C@H]5CCN(C(=O)C6CCC(=O)N6)C[C@H]5F)c(C#N)c4)n3)cc2)CCN1C1COC1. The molecule has 4 aliphatic heterocycles. The van der Waals surface area contributed by atoms with E-state index in [1.165, 1.54) is 11.2 Å². The van der Waals surface area contributed by atoms with Crippen LogP contribution in [0, 0.1) is 11.3 Å². The van der Waals surface area contributed by atoms with Crippen molar-refractivity contribution in [2.45, 2.75) is 56.6 Å². The van der Waals surface area contributed by atoms with Crippen molar-refractivity contribution in [3.05, 3.63) is 54.4 Å². The van der Waals surface area contributed by atoms with Crippen molar-refractivity contribution in [2.75, 3.05) is 56.2 Å². The number of rotatable bonds is 8. The molecule has 2 amide bonds. The van der Waals surface area contributed by atoms with Crippen LogP contribution in [-0.4, -0.2) is 113 Å². The van der Waals surface area contributed by atoms with Gasteiger partial charge in [-0.05, 0) is 55.8 Å². The summed E-state index contributed by atoms with van der Waals surface area (Å²) in [6, 6.07) is 15.7. The zero-order valence-electron chi connectivity index (χ0n) is 26.7. The van der Waals surface area contributed by atoms with E-state index in [1.807, 2.05) is 12.1 Å². The van der Waals surface area contributed by atoms with Gasteiger partial charge in [0.15, 0.2) is 12.0 Å². The number of nitriles is 1. The van der Waals surface area contributed by atoms with Crippen molar-refractivity contribution < 1.29 is 23.5 Å². The van der Waals surface area contributed by atoms with Crippen molar-refractivity contribution in [1.29, 1.82) is 5.26 Å². The zero-order chi connectivity index (χ0) is 33.2. The van der Waals surface area contributed by atoms with E-state index in [4.69, 9.17) is 9.47 Å². The molecule has 4 aliphatic rings. The van der Waals surface area contributed by atoms with E-state index in [0.717, 1.165) is 44.2 Å². The Kier molecular flexibility index (Phi) is 9.05. The van der Waals surface area contributed by atoms with Crippen LogP contribution in [0.2, 0.25) is 0 Å². The Morgan fingerprint density at radius 1 is 1.10 bits per heavy atom.